The molecule has 0 bridgehead atoms. The van der Waals surface area contributed by atoms with Crippen LogP contribution in [0.15, 0.2) is 0 Å². The van der Waals surface area contributed by atoms with Gasteiger partial charge in [-0.15, -0.1) is 0 Å². The van der Waals surface area contributed by atoms with Gasteiger partial charge in [0.2, 0.25) is 5.91 Å². The summed E-state index contributed by atoms with van der Waals surface area (Å²) in [6, 6.07) is -0.742. The summed E-state index contributed by atoms with van der Waals surface area (Å²) in [7, 11) is 0. The zero-order valence-corrected chi connectivity index (χ0v) is 10.5. The van der Waals surface area contributed by atoms with Crippen molar-refractivity contribution in [2.75, 3.05) is 0 Å². The van der Waals surface area contributed by atoms with Gasteiger partial charge < -0.3 is 10.4 Å². The highest BCUT2D eigenvalue weighted by Gasteiger charge is 2.20. The fourth-order valence-corrected chi connectivity index (χ4v) is 1.73. The van der Waals surface area contributed by atoms with Crippen LogP contribution in [-0.2, 0) is 9.59 Å². The van der Waals surface area contributed by atoms with Crippen LogP contribution in [0, 0.1) is 5.92 Å². The van der Waals surface area contributed by atoms with Crippen LogP contribution < -0.4 is 5.32 Å². The van der Waals surface area contributed by atoms with Gasteiger partial charge >= 0.3 is 5.97 Å². The Labute approximate surface area is 97.4 Å². The Bertz CT molecular complexity index is 228. The van der Waals surface area contributed by atoms with E-state index < -0.39 is 12.0 Å². The second kappa shape index (κ2) is 8.13. The molecule has 0 radical (unpaired) electrons. The summed E-state index contributed by atoms with van der Waals surface area (Å²) in [5.74, 6) is -0.898. The normalized spacial score (nSPS) is 14.2. The van der Waals surface area contributed by atoms with Gasteiger partial charge in [-0.25, -0.2) is 4.79 Å². The Morgan fingerprint density at radius 2 is 1.94 bits per heavy atom. The van der Waals surface area contributed by atoms with Gasteiger partial charge in [-0.05, 0) is 12.3 Å². The van der Waals surface area contributed by atoms with Crippen LogP contribution in [-0.4, -0.2) is 23.0 Å². The topological polar surface area (TPSA) is 66.4 Å². The van der Waals surface area contributed by atoms with Gasteiger partial charge in [0.05, 0.1) is 0 Å². The van der Waals surface area contributed by atoms with E-state index in [9.17, 15) is 9.59 Å². The SMILES string of the molecule is CCCCCC(C)CC(NC(C)=O)C(=O)O. The molecule has 0 saturated carbocycles. The number of aliphatic carboxylic acids is 1. The Balaban J connectivity index is 3.98. The molecule has 4 heteroatoms. The number of hydrogen-bond acceptors (Lipinski definition) is 2. The van der Waals surface area contributed by atoms with Gasteiger partial charge in [-0.3, -0.25) is 4.79 Å². The molecular formula is C12H23NO3. The van der Waals surface area contributed by atoms with Gasteiger partial charge in [0.1, 0.15) is 6.04 Å². The molecule has 0 aromatic carbocycles. The van der Waals surface area contributed by atoms with Crippen molar-refractivity contribution in [3.05, 3.63) is 0 Å². The number of unbranched alkanes of at least 4 members (excludes halogenated alkanes) is 2. The number of carbonyl (C=O) groups is 2. The zero-order valence-electron chi connectivity index (χ0n) is 10.5. The predicted octanol–water partition coefficient (Wildman–Crippen LogP) is 2.18. The number of rotatable bonds is 8. The zero-order chi connectivity index (χ0) is 12.6. The molecule has 0 rings (SSSR count). The second-order valence-corrected chi connectivity index (χ2v) is 4.43. The quantitative estimate of drug-likeness (QED) is 0.627. The van der Waals surface area contributed by atoms with Crippen LogP contribution in [0.25, 0.3) is 0 Å². The molecular weight excluding hydrogens is 206 g/mol. The lowest BCUT2D eigenvalue weighted by molar-refractivity contribution is -0.142. The summed E-state index contributed by atoms with van der Waals surface area (Å²) in [6.45, 7) is 5.52. The molecule has 0 saturated heterocycles. The number of amides is 1. The van der Waals surface area contributed by atoms with Gasteiger partial charge in [0, 0.05) is 6.92 Å². The van der Waals surface area contributed by atoms with Crippen molar-refractivity contribution in [2.24, 2.45) is 5.92 Å². The van der Waals surface area contributed by atoms with E-state index in [0.29, 0.717) is 12.3 Å². The first-order chi connectivity index (χ1) is 7.47. The van der Waals surface area contributed by atoms with E-state index in [4.69, 9.17) is 5.11 Å². The fourth-order valence-electron chi connectivity index (χ4n) is 1.73. The predicted molar refractivity (Wildman–Crippen MR) is 63.2 cm³/mol. The maximum absolute atomic E-state index is 10.9. The Kier molecular flexibility index (Phi) is 7.60. The lowest BCUT2D eigenvalue weighted by Crippen LogP contribution is -2.40. The summed E-state index contributed by atoms with van der Waals surface area (Å²) in [5.41, 5.74) is 0. The van der Waals surface area contributed by atoms with Crippen molar-refractivity contribution in [1.29, 1.82) is 0 Å². The molecule has 0 heterocycles. The first-order valence-corrected chi connectivity index (χ1v) is 5.97. The molecule has 0 aliphatic carbocycles. The van der Waals surface area contributed by atoms with Gasteiger partial charge in [-0.2, -0.15) is 0 Å². The van der Waals surface area contributed by atoms with E-state index in [1.807, 2.05) is 6.92 Å². The molecule has 2 atom stereocenters. The van der Waals surface area contributed by atoms with Crippen LogP contribution in [0.5, 0.6) is 0 Å². The molecule has 0 aliphatic rings. The lowest BCUT2D eigenvalue weighted by Gasteiger charge is -2.18. The maximum atomic E-state index is 10.9. The average Bonchev–Trinajstić information content (AvgIpc) is 2.16. The molecule has 2 unspecified atom stereocenters. The van der Waals surface area contributed by atoms with E-state index in [2.05, 4.69) is 12.2 Å². The van der Waals surface area contributed by atoms with Crippen molar-refractivity contribution < 1.29 is 14.7 Å². The molecule has 94 valence electrons. The summed E-state index contributed by atoms with van der Waals surface area (Å²) in [4.78, 5) is 21.7. The molecule has 0 aliphatic heterocycles. The Morgan fingerprint density at radius 3 is 2.38 bits per heavy atom. The fraction of sp³-hybridized carbons (Fsp3) is 0.833. The van der Waals surface area contributed by atoms with Crippen molar-refractivity contribution >= 4 is 11.9 Å². The van der Waals surface area contributed by atoms with Crippen LogP contribution in [0.2, 0.25) is 0 Å². The Hall–Kier alpha value is -1.06. The molecule has 0 aromatic rings. The van der Waals surface area contributed by atoms with E-state index in [0.717, 1.165) is 12.8 Å². The van der Waals surface area contributed by atoms with Crippen LogP contribution >= 0.6 is 0 Å². The third-order valence-electron chi connectivity index (χ3n) is 2.61. The number of nitrogens with one attached hydrogen (secondary N) is 1. The highest BCUT2D eigenvalue weighted by Crippen LogP contribution is 2.15. The number of carbonyl (C=O) groups excluding carboxylic acids is 1. The molecule has 0 aromatic heterocycles. The molecule has 4 nitrogen and oxygen atoms in total. The van der Waals surface area contributed by atoms with E-state index in [1.165, 1.54) is 19.8 Å². The number of carboxylic acids is 1. The lowest BCUT2D eigenvalue weighted by atomic mass is 9.95. The minimum Gasteiger partial charge on any atom is -0.480 e. The monoisotopic (exact) mass is 229 g/mol. The van der Waals surface area contributed by atoms with Crippen molar-refractivity contribution in [1.82, 2.24) is 5.32 Å². The third kappa shape index (κ3) is 7.26. The van der Waals surface area contributed by atoms with Gasteiger partial charge in [-0.1, -0.05) is 39.5 Å². The van der Waals surface area contributed by atoms with E-state index in [-0.39, 0.29) is 5.91 Å². The minimum absolute atomic E-state index is 0.284. The summed E-state index contributed by atoms with van der Waals surface area (Å²) >= 11 is 0. The number of carboxylic acid groups (broad SMARTS) is 1. The maximum Gasteiger partial charge on any atom is 0.326 e. The van der Waals surface area contributed by atoms with Gasteiger partial charge in [0.15, 0.2) is 0 Å². The molecule has 16 heavy (non-hydrogen) atoms. The van der Waals surface area contributed by atoms with Crippen molar-refractivity contribution in [3.8, 4) is 0 Å². The van der Waals surface area contributed by atoms with E-state index in [1.54, 1.807) is 0 Å². The van der Waals surface area contributed by atoms with E-state index >= 15 is 0 Å². The standard InChI is InChI=1S/C12H23NO3/c1-4-5-6-7-9(2)8-11(12(15)16)13-10(3)14/h9,11H,4-8H2,1-3H3,(H,13,14)(H,15,16). The Morgan fingerprint density at radius 1 is 1.31 bits per heavy atom. The molecule has 1 amide bonds. The van der Waals surface area contributed by atoms with Crippen molar-refractivity contribution in [3.63, 3.8) is 0 Å². The summed E-state index contributed by atoms with van der Waals surface area (Å²) in [5, 5.41) is 11.4. The molecule has 2 N–H and O–H groups in total. The first-order valence-electron chi connectivity index (χ1n) is 5.97. The smallest absolute Gasteiger partial charge is 0.326 e. The summed E-state index contributed by atoms with van der Waals surface area (Å²) in [6.07, 6.45) is 5.02. The van der Waals surface area contributed by atoms with Gasteiger partial charge in [0.25, 0.3) is 0 Å². The average molecular weight is 229 g/mol. The van der Waals surface area contributed by atoms with Crippen molar-refractivity contribution in [2.45, 2.75) is 58.9 Å². The number of hydrogen-bond donors (Lipinski definition) is 2. The third-order valence-corrected chi connectivity index (χ3v) is 2.61. The molecule has 0 fully saturated rings. The van der Waals surface area contributed by atoms with Crippen LogP contribution in [0.1, 0.15) is 52.9 Å². The molecule has 0 spiro atoms. The van der Waals surface area contributed by atoms with Crippen LogP contribution in [0.3, 0.4) is 0 Å². The highest BCUT2D eigenvalue weighted by atomic mass is 16.4. The second-order valence-electron chi connectivity index (χ2n) is 4.43. The first kappa shape index (κ1) is 14.9. The highest BCUT2D eigenvalue weighted by molar-refractivity contribution is 5.81. The van der Waals surface area contributed by atoms with Crippen LogP contribution in [0.4, 0.5) is 0 Å². The summed E-state index contributed by atoms with van der Waals surface area (Å²) < 4.78 is 0. The minimum atomic E-state index is -0.947. The largest absolute Gasteiger partial charge is 0.480 e.